The van der Waals surface area contributed by atoms with E-state index in [4.69, 9.17) is 0 Å². The maximum absolute atomic E-state index is 12.7. The second-order valence-corrected chi connectivity index (χ2v) is 6.26. The number of halogens is 3. The van der Waals surface area contributed by atoms with E-state index < -0.39 is 11.7 Å². The van der Waals surface area contributed by atoms with Crippen molar-refractivity contribution in [1.82, 2.24) is 20.4 Å². The van der Waals surface area contributed by atoms with Gasteiger partial charge in [-0.05, 0) is 55.0 Å². The van der Waals surface area contributed by atoms with Crippen LogP contribution in [0.4, 0.5) is 24.7 Å². The van der Waals surface area contributed by atoms with Crippen LogP contribution in [0.5, 0.6) is 0 Å². The smallest absolute Gasteiger partial charge is 0.338 e. The Labute approximate surface area is 158 Å². The van der Waals surface area contributed by atoms with Crippen LogP contribution < -0.4 is 5.32 Å². The Kier molecular flexibility index (Phi) is 4.38. The normalized spacial score (nSPS) is 11.6. The standard InChI is InChI=1S/C20H14F3N5/c1-12-8-9-24-27-18(12)13-2-7-17-14(10-13)11-25-28-19(17)26-16-5-3-15(4-6-16)20(21,22)23/h2-11H,1H3,(H,26,28). The Morgan fingerprint density at radius 1 is 0.893 bits per heavy atom. The first-order chi connectivity index (χ1) is 13.4. The number of hydrogen-bond acceptors (Lipinski definition) is 5. The molecule has 2 heterocycles. The summed E-state index contributed by atoms with van der Waals surface area (Å²) in [6.45, 7) is 1.95. The summed E-state index contributed by atoms with van der Waals surface area (Å²) in [4.78, 5) is 0. The van der Waals surface area contributed by atoms with Gasteiger partial charge in [-0.25, -0.2) is 0 Å². The molecule has 0 radical (unpaired) electrons. The maximum Gasteiger partial charge on any atom is 0.416 e. The summed E-state index contributed by atoms with van der Waals surface area (Å²) in [6, 6.07) is 12.4. The van der Waals surface area contributed by atoms with Crippen molar-refractivity contribution in [3.05, 3.63) is 72.1 Å². The summed E-state index contributed by atoms with van der Waals surface area (Å²) in [5.41, 5.74) is 2.46. The van der Waals surface area contributed by atoms with Gasteiger partial charge in [0, 0.05) is 28.2 Å². The van der Waals surface area contributed by atoms with Crippen molar-refractivity contribution in [3.63, 3.8) is 0 Å². The first-order valence-electron chi connectivity index (χ1n) is 8.40. The molecule has 0 spiro atoms. The van der Waals surface area contributed by atoms with E-state index in [1.807, 2.05) is 31.2 Å². The number of anilines is 2. The van der Waals surface area contributed by atoms with Crippen LogP contribution in [-0.4, -0.2) is 20.4 Å². The van der Waals surface area contributed by atoms with Gasteiger partial charge in [-0.2, -0.15) is 28.5 Å². The summed E-state index contributed by atoms with van der Waals surface area (Å²) >= 11 is 0. The monoisotopic (exact) mass is 381 g/mol. The summed E-state index contributed by atoms with van der Waals surface area (Å²) in [5.74, 6) is 0.458. The van der Waals surface area contributed by atoms with Crippen molar-refractivity contribution in [2.24, 2.45) is 0 Å². The maximum atomic E-state index is 12.7. The molecule has 4 aromatic rings. The van der Waals surface area contributed by atoms with Gasteiger partial charge in [0.1, 0.15) is 0 Å². The minimum Gasteiger partial charge on any atom is -0.338 e. The Balaban J connectivity index is 1.68. The average molecular weight is 381 g/mol. The number of rotatable bonds is 3. The summed E-state index contributed by atoms with van der Waals surface area (Å²) in [5, 5.41) is 20.8. The number of nitrogens with one attached hydrogen (secondary N) is 1. The van der Waals surface area contributed by atoms with Crippen molar-refractivity contribution in [2.45, 2.75) is 13.1 Å². The van der Waals surface area contributed by atoms with Gasteiger partial charge in [-0.1, -0.05) is 6.07 Å². The van der Waals surface area contributed by atoms with Crippen LogP contribution in [0, 0.1) is 6.92 Å². The lowest BCUT2D eigenvalue weighted by molar-refractivity contribution is -0.137. The molecule has 5 nitrogen and oxygen atoms in total. The molecule has 0 aliphatic carbocycles. The number of fused-ring (bicyclic) bond motifs is 1. The van der Waals surface area contributed by atoms with E-state index in [0.29, 0.717) is 11.5 Å². The minimum atomic E-state index is -4.37. The SMILES string of the molecule is Cc1ccnnc1-c1ccc2c(Nc3ccc(C(F)(F)F)cc3)nncc2c1. The molecule has 28 heavy (non-hydrogen) atoms. The second kappa shape index (κ2) is 6.88. The van der Waals surface area contributed by atoms with E-state index in [9.17, 15) is 13.2 Å². The fourth-order valence-electron chi connectivity index (χ4n) is 2.89. The molecule has 8 heteroatoms. The highest BCUT2D eigenvalue weighted by Crippen LogP contribution is 2.32. The third kappa shape index (κ3) is 3.48. The Morgan fingerprint density at radius 3 is 2.39 bits per heavy atom. The highest BCUT2D eigenvalue weighted by atomic mass is 19.4. The highest BCUT2D eigenvalue weighted by Gasteiger charge is 2.29. The molecule has 1 N–H and O–H groups in total. The van der Waals surface area contributed by atoms with E-state index in [1.165, 1.54) is 12.1 Å². The van der Waals surface area contributed by atoms with Crippen molar-refractivity contribution in [1.29, 1.82) is 0 Å². The second-order valence-electron chi connectivity index (χ2n) is 6.26. The van der Waals surface area contributed by atoms with Crippen LogP contribution in [0.25, 0.3) is 22.0 Å². The number of benzene rings is 2. The predicted molar refractivity (Wildman–Crippen MR) is 100 cm³/mol. The number of hydrogen-bond donors (Lipinski definition) is 1. The van der Waals surface area contributed by atoms with Crippen LogP contribution in [0.3, 0.4) is 0 Å². The molecule has 0 atom stereocenters. The van der Waals surface area contributed by atoms with Gasteiger partial charge >= 0.3 is 6.18 Å². The summed E-state index contributed by atoms with van der Waals surface area (Å²) < 4.78 is 38.1. The van der Waals surface area contributed by atoms with Crippen molar-refractivity contribution < 1.29 is 13.2 Å². The molecule has 0 bridgehead atoms. The topological polar surface area (TPSA) is 63.6 Å². The van der Waals surface area contributed by atoms with E-state index in [1.54, 1.807) is 12.4 Å². The van der Waals surface area contributed by atoms with Crippen LogP contribution >= 0.6 is 0 Å². The quantitative estimate of drug-likeness (QED) is 0.531. The molecular weight excluding hydrogens is 367 g/mol. The van der Waals surface area contributed by atoms with Crippen LogP contribution in [0.15, 0.2) is 60.9 Å². The zero-order valence-electron chi connectivity index (χ0n) is 14.7. The number of alkyl halides is 3. The van der Waals surface area contributed by atoms with E-state index >= 15 is 0 Å². The highest BCUT2D eigenvalue weighted by molar-refractivity contribution is 5.95. The zero-order chi connectivity index (χ0) is 19.7. The van der Waals surface area contributed by atoms with E-state index in [-0.39, 0.29) is 0 Å². The Bertz CT molecular complexity index is 1140. The van der Waals surface area contributed by atoms with Crippen LogP contribution in [0.2, 0.25) is 0 Å². The predicted octanol–water partition coefficient (Wildman–Crippen LogP) is 5.16. The lowest BCUT2D eigenvalue weighted by Gasteiger charge is -2.11. The van der Waals surface area contributed by atoms with E-state index in [2.05, 4.69) is 25.7 Å². The van der Waals surface area contributed by atoms with Gasteiger partial charge in [0.2, 0.25) is 0 Å². The molecule has 0 fully saturated rings. The molecule has 0 amide bonds. The molecule has 0 aliphatic rings. The number of nitrogens with zero attached hydrogens (tertiary/aromatic N) is 4. The Morgan fingerprint density at radius 2 is 1.68 bits per heavy atom. The van der Waals surface area contributed by atoms with Crippen LogP contribution in [0.1, 0.15) is 11.1 Å². The first kappa shape index (κ1) is 17.8. The van der Waals surface area contributed by atoms with Crippen LogP contribution in [-0.2, 0) is 6.18 Å². The molecule has 0 aliphatic heterocycles. The van der Waals surface area contributed by atoms with Crippen molar-refractivity contribution >= 4 is 22.3 Å². The molecule has 0 unspecified atom stereocenters. The van der Waals surface area contributed by atoms with Gasteiger partial charge in [-0.15, -0.1) is 5.10 Å². The van der Waals surface area contributed by atoms with Gasteiger partial charge in [0.05, 0.1) is 17.5 Å². The van der Waals surface area contributed by atoms with Gasteiger partial charge < -0.3 is 5.32 Å². The van der Waals surface area contributed by atoms with Gasteiger partial charge in [0.25, 0.3) is 0 Å². The minimum absolute atomic E-state index is 0.458. The largest absolute Gasteiger partial charge is 0.416 e. The lowest BCUT2D eigenvalue weighted by atomic mass is 10.0. The molecule has 4 rings (SSSR count). The first-order valence-corrected chi connectivity index (χ1v) is 8.40. The van der Waals surface area contributed by atoms with Crippen molar-refractivity contribution in [3.8, 4) is 11.3 Å². The molecule has 2 aromatic heterocycles. The average Bonchev–Trinajstić information content (AvgIpc) is 2.68. The zero-order valence-corrected chi connectivity index (χ0v) is 14.7. The third-order valence-corrected chi connectivity index (χ3v) is 4.33. The fraction of sp³-hybridized carbons (Fsp3) is 0.100. The molecular formula is C20H14F3N5. The van der Waals surface area contributed by atoms with E-state index in [0.717, 1.165) is 39.7 Å². The van der Waals surface area contributed by atoms with Gasteiger partial charge in [-0.3, -0.25) is 0 Å². The van der Waals surface area contributed by atoms with Crippen molar-refractivity contribution in [2.75, 3.05) is 5.32 Å². The summed E-state index contributed by atoms with van der Waals surface area (Å²) in [6.07, 6.45) is -1.10. The third-order valence-electron chi connectivity index (χ3n) is 4.33. The number of aryl methyl sites for hydroxylation is 1. The molecule has 2 aromatic carbocycles. The van der Waals surface area contributed by atoms with Gasteiger partial charge in [0.15, 0.2) is 5.82 Å². The lowest BCUT2D eigenvalue weighted by Crippen LogP contribution is -2.04. The number of aromatic nitrogens is 4. The Hall–Kier alpha value is -3.55. The molecule has 0 saturated carbocycles. The fourth-order valence-corrected chi connectivity index (χ4v) is 2.89. The molecule has 0 saturated heterocycles. The summed E-state index contributed by atoms with van der Waals surface area (Å²) in [7, 11) is 0. The molecule has 140 valence electrons.